The van der Waals surface area contributed by atoms with Crippen LogP contribution in [0, 0.1) is 0 Å². The zero-order valence-electron chi connectivity index (χ0n) is 14.8. The lowest BCUT2D eigenvalue weighted by molar-refractivity contribution is -0.137. The number of sulfonamides is 1. The van der Waals surface area contributed by atoms with E-state index in [2.05, 4.69) is 10.3 Å². The fourth-order valence-electron chi connectivity index (χ4n) is 2.67. The van der Waals surface area contributed by atoms with Crippen molar-refractivity contribution in [1.82, 2.24) is 13.9 Å². The number of morpholine rings is 1. The third-order valence-electron chi connectivity index (χ3n) is 4.07. The minimum absolute atomic E-state index is 0.0898. The Labute approximate surface area is 169 Å². The van der Waals surface area contributed by atoms with Gasteiger partial charge in [0, 0.05) is 25.0 Å². The molecule has 1 amide bonds. The second kappa shape index (κ2) is 8.30. The lowest BCUT2D eigenvalue weighted by Gasteiger charge is -2.24. The van der Waals surface area contributed by atoms with Gasteiger partial charge in [0.2, 0.25) is 5.91 Å². The van der Waals surface area contributed by atoms with Crippen LogP contribution in [-0.4, -0.2) is 54.5 Å². The number of alkyl halides is 3. The van der Waals surface area contributed by atoms with Gasteiger partial charge in [0.25, 0.3) is 10.0 Å². The maximum Gasteiger partial charge on any atom is 0.417 e. The van der Waals surface area contributed by atoms with Crippen molar-refractivity contribution in [2.24, 2.45) is 0 Å². The highest BCUT2D eigenvalue weighted by molar-refractivity contribution is 7.89. The number of aromatic nitrogens is 2. The number of anilines is 1. The van der Waals surface area contributed by atoms with E-state index in [1.165, 1.54) is 21.1 Å². The topological polar surface area (TPSA) is 93.5 Å². The summed E-state index contributed by atoms with van der Waals surface area (Å²) in [6.45, 7) is 0.629. The van der Waals surface area contributed by atoms with E-state index in [1.807, 2.05) is 0 Å². The smallest absolute Gasteiger partial charge is 0.379 e. The maximum absolute atomic E-state index is 12.9. The number of nitrogens with zero attached hydrogens (tertiary/aromatic N) is 3. The Hall–Kier alpha value is -2.15. The van der Waals surface area contributed by atoms with E-state index >= 15 is 0 Å². The molecule has 0 radical (unpaired) electrons. The second-order valence-corrected chi connectivity index (χ2v) is 8.43. The van der Waals surface area contributed by atoms with Crippen molar-refractivity contribution in [2.75, 3.05) is 31.6 Å². The van der Waals surface area contributed by atoms with Crippen LogP contribution in [0.15, 0.2) is 35.7 Å². The molecule has 1 fully saturated rings. The molecule has 1 aromatic carbocycles. The van der Waals surface area contributed by atoms with Crippen LogP contribution in [0.3, 0.4) is 0 Å². The Balaban J connectivity index is 1.68. The third kappa shape index (κ3) is 5.07. The lowest BCUT2D eigenvalue weighted by atomic mass is 10.2. The van der Waals surface area contributed by atoms with Crippen molar-refractivity contribution in [3.8, 4) is 0 Å². The molecular weight excluding hydrogens is 437 g/mol. The molecule has 1 aromatic heterocycles. The van der Waals surface area contributed by atoms with Crippen molar-refractivity contribution in [3.63, 3.8) is 0 Å². The molecular formula is C16H16ClF3N4O4S. The Morgan fingerprint density at radius 2 is 1.97 bits per heavy atom. The van der Waals surface area contributed by atoms with Crippen molar-refractivity contribution in [3.05, 3.63) is 41.3 Å². The molecule has 0 spiro atoms. The molecule has 0 saturated carbocycles. The average Bonchev–Trinajstić information content (AvgIpc) is 3.12. The number of hydrogen-bond donors (Lipinski definition) is 1. The minimum atomic E-state index is -4.66. The largest absolute Gasteiger partial charge is 0.417 e. The highest BCUT2D eigenvalue weighted by Crippen LogP contribution is 2.36. The highest BCUT2D eigenvalue weighted by atomic mass is 35.5. The van der Waals surface area contributed by atoms with E-state index in [-0.39, 0.29) is 43.6 Å². The molecule has 1 N–H and O–H groups in total. The van der Waals surface area contributed by atoms with Gasteiger partial charge in [-0.2, -0.15) is 17.5 Å². The number of benzene rings is 1. The quantitative estimate of drug-likeness (QED) is 0.750. The maximum atomic E-state index is 12.9. The monoisotopic (exact) mass is 452 g/mol. The molecule has 1 aliphatic heterocycles. The molecule has 0 bridgehead atoms. The molecule has 2 aromatic rings. The zero-order chi connectivity index (χ0) is 21.2. The number of ether oxygens (including phenoxy) is 1. The van der Waals surface area contributed by atoms with E-state index in [0.717, 1.165) is 18.5 Å². The van der Waals surface area contributed by atoms with Gasteiger partial charge in [0.05, 0.1) is 30.1 Å². The van der Waals surface area contributed by atoms with E-state index < -0.39 is 32.7 Å². The number of carbonyl (C=O) groups is 1. The number of imidazole rings is 1. The van der Waals surface area contributed by atoms with Crippen LogP contribution >= 0.6 is 11.6 Å². The first kappa shape index (κ1) is 21.6. The van der Waals surface area contributed by atoms with Gasteiger partial charge in [-0.25, -0.2) is 13.4 Å². The van der Waals surface area contributed by atoms with Crippen LogP contribution in [0.2, 0.25) is 5.02 Å². The van der Waals surface area contributed by atoms with Crippen LogP contribution < -0.4 is 5.32 Å². The number of nitrogens with one attached hydrogen (secondary N) is 1. The number of rotatable bonds is 5. The molecule has 0 aliphatic carbocycles. The fourth-order valence-corrected chi connectivity index (χ4v) is 4.23. The van der Waals surface area contributed by atoms with Gasteiger partial charge < -0.3 is 14.6 Å². The van der Waals surface area contributed by atoms with E-state index in [0.29, 0.717) is 0 Å². The first-order valence-corrected chi connectivity index (χ1v) is 10.2. The van der Waals surface area contributed by atoms with Gasteiger partial charge in [-0.1, -0.05) is 11.6 Å². The zero-order valence-corrected chi connectivity index (χ0v) is 16.4. The molecule has 13 heteroatoms. The van der Waals surface area contributed by atoms with Gasteiger partial charge in [-0.3, -0.25) is 4.79 Å². The minimum Gasteiger partial charge on any atom is -0.379 e. The first-order valence-electron chi connectivity index (χ1n) is 8.33. The van der Waals surface area contributed by atoms with Crippen molar-refractivity contribution < 1.29 is 31.1 Å². The molecule has 29 heavy (non-hydrogen) atoms. The second-order valence-electron chi connectivity index (χ2n) is 6.14. The fraction of sp³-hybridized carbons (Fsp3) is 0.375. The van der Waals surface area contributed by atoms with Crippen molar-refractivity contribution >= 4 is 33.2 Å². The lowest BCUT2D eigenvalue weighted by Crippen LogP contribution is -2.40. The van der Waals surface area contributed by atoms with Crippen molar-refractivity contribution in [2.45, 2.75) is 17.7 Å². The van der Waals surface area contributed by atoms with Gasteiger partial charge >= 0.3 is 6.18 Å². The van der Waals surface area contributed by atoms with Crippen molar-refractivity contribution in [1.29, 1.82) is 0 Å². The standard InChI is InChI=1S/C16H16ClF3N4O4S/c17-13-2-1-11(7-12(13)16(18,19)20)22-14(25)8-23-9-15(21-10-23)29(26,27)24-3-5-28-6-4-24/h1-2,7,9-10H,3-6,8H2,(H,22,25). The summed E-state index contributed by atoms with van der Waals surface area (Å²) < 4.78 is 71.3. The average molecular weight is 453 g/mol. The SMILES string of the molecule is O=C(Cn1cnc(S(=O)(=O)N2CCOCC2)c1)Nc1ccc(Cl)c(C(F)(F)F)c1. The number of hydrogen-bond acceptors (Lipinski definition) is 5. The third-order valence-corrected chi connectivity index (χ3v) is 6.18. The van der Waals surface area contributed by atoms with Gasteiger partial charge in [-0.15, -0.1) is 0 Å². The van der Waals surface area contributed by atoms with Crippen LogP contribution in [0.5, 0.6) is 0 Å². The highest BCUT2D eigenvalue weighted by Gasteiger charge is 2.33. The molecule has 0 atom stereocenters. The Morgan fingerprint density at radius 3 is 2.62 bits per heavy atom. The summed E-state index contributed by atoms with van der Waals surface area (Å²) in [6.07, 6.45) is -2.31. The van der Waals surface area contributed by atoms with E-state index in [9.17, 15) is 26.4 Å². The molecule has 1 aliphatic rings. The predicted octanol–water partition coefficient (Wildman–Crippen LogP) is 2.21. The Bertz CT molecular complexity index is 1000. The Kier molecular flexibility index (Phi) is 6.17. The molecule has 2 heterocycles. The summed E-state index contributed by atoms with van der Waals surface area (Å²) in [6, 6.07) is 2.99. The van der Waals surface area contributed by atoms with Crippen LogP contribution in [-0.2, 0) is 32.3 Å². The number of carbonyl (C=O) groups excluding carboxylic acids is 1. The summed E-state index contributed by atoms with van der Waals surface area (Å²) in [4.78, 5) is 16.0. The number of amides is 1. The normalized spacial score (nSPS) is 16.0. The van der Waals surface area contributed by atoms with Crippen LogP contribution in [0.1, 0.15) is 5.56 Å². The van der Waals surface area contributed by atoms with E-state index in [1.54, 1.807) is 0 Å². The first-order chi connectivity index (χ1) is 13.6. The summed E-state index contributed by atoms with van der Waals surface area (Å²) in [7, 11) is -3.81. The molecule has 158 valence electrons. The summed E-state index contributed by atoms with van der Waals surface area (Å²) in [5, 5.41) is 1.61. The predicted molar refractivity (Wildman–Crippen MR) is 96.9 cm³/mol. The van der Waals surface area contributed by atoms with Gasteiger partial charge in [0.15, 0.2) is 5.03 Å². The molecule has 1 saturated heterocycles. The van der Waals surface area contributed by atoms with Gasteiger partial charge in [-0.05, 0) is 18.2 Å². The molecule has 3 rings (SSSR count). The van der Waals surface area contributed by atoms with Crippen LogP contribution in [0.25, 0.3) is 0 Å². The Morgan fingerprint density at radius 1 is 1.28 bits per heavy atom. The summed E-state index contributed by atoms with van der Waals surface area (Å²) >= 11 is 5.54. The van der Waals surface area contributed by atoms with E-state index in [4.69, 9.17) is 16.3 Å². The van der Waals surface area contributed by atoms with Gasteiger partial charge in [0.1, 0.15) is 6.54 Å². The molecule has 0 unspecified atom stereocenters. The summed E-state index contributed by atoms with van der Waals surface area (Å²) in [5.41, 5.74) is -1.16. The number of halogens is 4. The molecule has 8 nitrogen and oxygen atoms in total. The summed E-state index contributed by atoms with van der Waals surface area (Å²) in [5.74, 6) is -0.659. The van der Waals surface area contributed by atoms with Crippen LogP contribution in [0.4, 0.5) is 18.9 Å².